The van der Waals surface area contributed by atoms with E-state index in [1.165, 1.54) is 12.0 Å². The molecule has 0 spiro atoms. The van der Waals surface area contributed by atoms with Crippen LogP contribution in [-0.4, -0.2) is 49.0 Å². The molecule has 0 saturated carbocycles. The van der Waals surface area contributed by atoms with Crippen LogP contribution in [0.3, 0.4) is 0 Å². The minimum atomic E-state index is 0.922. The molecule has 0 fully saturated rings. The molecule has 0 radical (unpaired) electrons. The normalized spacial score (nSPS) is 19.8. The van der Waals surface area contributed by atoms with Gasteiger partial charge in [-0.15, -0.1) is 0 Å². The molecular formula is C7H9K. The van der Waals surface area contributed by atoms with Gasteiger partial charge in [-0.1, -0.05) is 0 Å². The van der Waals surface area contributed by atoms with Gasteiger partial charge in [0, 0.05) is 0 Å². The predicted molar refractivity (Wildman–Crippen MR) is 36.8 cm³/mol. The molecule has 1 aliphatic carbocycles. The van der Waals surface area contributed by atoms with Gasteiger partial charge in [0.15, 0.2) is 0 Å². The van der Waals surface area contributed by atoms with Crippen LogP contribution in [-0.2, 0) is 0 Å². The van der Waals surface area contributed by atoms with Crippen LogP contribution in [0.5, 0.6) is 0 Å². The van der Waals surface area contributed by atoms with E-state index >= 15 is 0 Å². The molecule has 38 valence electrons. The zero-order chi connectivity index (χ0) is 6.15. The van der Waals surface area contributed by atoms with Crippen molar-refractivity contribution in [3.8, 4) is 0 Å². The van der Waals surface area contributed by atoms with Crippen LogP contribution in [0.2, 0.25) is 0 Å². The van der Waals surface area contributed by atoms with Crippen LogP contribution in [0.4, 0.5) is 0 Å². The van der Waals surface area contributed by atoms with Crippen molar-refractivity contribution < 1.29 is 0 Å². The first kappa shape index (κ1) is 7.23. The van der Waals surface area contributed by atoms with E-state index in [1.54, 1.807) is 5.24 Å². The molecule has 0 heterocycles. The van der Waals surface area contributed by atoms with Gasteiger partial charge in [0.05, 0.1) is 0 Å². The summed E-state index contributed by atoms with van der Waals surface area (Å²) in [4.78, 5) is 0. The summed E-state index contributed by atoms with van der Waals surface area (Å²) in [5.74, 6) is 0. The van der Waals surface area contributed by atoms with Gasteiger partial charge < -0.3 is 0 Å². The third kappa shape index (κ3) is 1.34. The van der Waals surface area contributed by atoms with Crippen molar-refractivity contribution in [1.82, 2.24) is 0 Å². The van der Waals surface area contributed by atoms with Gasteiger partial charge in [-0.25, -0.2) is 0 Å². The fourth-order valence-corrected chi connectivity index (χ4v) is 1.88. The maximum absolute atomic E-state index is 2.33. The summed E-state index contributed by atoms with van der Waals surface area (Å²) in [6.07, 6.45) is 3.59. The van der Waals surface area contributed by atoms with Crippen molar-refractivity contribution in [3.63, 3.8) is 0 Å². The summed E-state index contributed by atoms with van der Waals surface area (Å²) in [7, 11) is 0. The molecule has 0 amide bonds. The number of hydrogen-bond donors (Lipinski definition) is 0. The monoisotopic (exact) mass is 132 g/mol. The molecule has 0 atom stereocenters. The van der Waals surface area contributed by atoms with E-state index in [0.29, 0.717) is 0 Å². The van der Waals surface area contributed by atoms with Gasteiger partial charge in [-0.2, -0.15) is 0 Å². The first-order valence-electron chi connectivity index (χ1n) is 3.05. The number of hydrogen-bond acceptors (Lipinski definition) is 0. The molecule has 0 aromatic carbocycles. The molecule has 0 saturated heterocycles. The van der Waals surface area contributed by atoms with Crippen LogP contribution in [0.15, 0.2) is 16.9 Å². The van der Waals surface area contributed by atoms with Crippen LogP contribution in [0, 0.1) is 0 Å². The van der Waals surface area contributed by atoms with Crippen molar-refractivity contribution in [2.24, 2.45) is 0 Å². The Labute approximate surface area is 84.6 Å². The SMILES string of the molecule is CC1=CC[C]([K])=C1C. The second-order valence-electron chi connectivity index (χ2n) is 2.50. The van der Waals surface area contributed by atoms with Crippen LogP contribution in [0.25, 0.3) is 0 Å². The average molecular weight is 132 g/mol. The van der Waals surface area contributed by atoms with Gasteiger partial charge in [-0.3, -0.25) is 0 Å². The molecule has 0 aromatic rings. The first-order valence-corrected chi connectivity index (χ1v) is 4.61. The van der Waals surface area contributed by atoms with E-state index in [0.717, 1.165) is 49.0 Å². The molecule has 1 heteroatoms. The third-order valence-electron chi connectivity index (χ3n) is 1.95. The quantitative estimate of drug-likeness (QED) is 0.441. The molecule has 8 heavy (non-hydrogen) atoms. The Morgan fingerprint density at radius 2 is 2.12 bits per heavy atom. The molecule has 1 rings (SSSR count). The summed E-state index contributed by atoms with van der Waals surface area (Å²) in [5, 5.41) is 0. The Bertz CT molecular complexity index is 158. The summed E-state index contributed by atoms with van der Waals surface area (Å²) >= 11 is 0.922. The van der Waals surface area contributed by atoms with E-state index in [-0.39, 0.29) is 0 Å². The van der Waals surface area contributed by atoms with Gasteiger partial charge in [0.25, 0.3) is 0 Å². The van der Waals surface area contributed by atoms with Crippen LogP contribution in [0.1, 0.15) is 20.3 Å². The molecule has 0 nitrogen and oxygen atoms in total. The van der Waals surface area contributed by atoms with Crippen molar-refractivity contribution in [2.45, 2.75) is 20.3 Å². The van der Waals surface area contributed by atoms with E-state index in [2.05, 4.69) is 19.9 Å². The second kappa shape index (κ2) is 2.80. The topological polar surface area (TPSA) is 0 Å². The van der Waals surface area contributed by atoms with Crippen LogP contribution < -0.4 is 0 Å². The van der Waals surface area contributed by atoms with Gasteiger partial charge >= 0.3 is 86.1 Å². The van der Waals surface area contributed by atoms with E-state index in [9.17, 15) is 0 Å². The standard InChI is InChI=1S/C7H9.K/c1-6-4-3-5-7(6)2;/h4H,3H2,1-2H3;. The zero-order valence-corrected chi connectivity index (χ0v) is 8.91. The minimum absolute atomic E-state index is 0.922. The maximum atomic E-state index is 2.33. The second-order valence-corrected chi connectivity index (χ2v) is 4.38. The van der Waals surface area contributed by atoms with Gasteiger partial charge in [0.2, 0.25) is 0 Å². The Morgan fingerprint density at radius 1 is 1.50 bits per heavy atom. The molecule has 0 unspecified atom stereocenters. The molecule has 0 aromatic heterocycles. The Kier molecular flexibility index (Phi) is 2.53. The number of allylic oxidation sites excluding steroid dienone is 4. The van der Waals surface area contributed by atoms with E-state index in [1.807, 2.05) is 0 Å². The van der Waals surface area contributed by atoms with Crippen LogP contribution >= 0.6 is 0 Å². The summed E-state index contributed by atoms with van der Waals surface area (Å²) in [6, 6.07) is 0. The fraction of sp³-hybridized carbons (Fsp3) is 0.429. The van der Waals surface area contributed by atoms with Gasteiger partial charge in [0.1, 0.15) is 0 Å². The van der Waals surface area contributed by atoms with Gasteiger partial charge in [-0.05, 0) is 0 Å². The number of rotatable bonds is 0. The predicted octanol–water partition coefficient (Wildman–Crippen LogP) is 1.78. The van der Waals surface area contributed by atoms with Crippen molar-refractivity contribution >= 4 is 49.0 Å². The third-order valence-corrected chi connectivity index (χ3v) is 3.75. The van der Waals surface area contributed by atoms with Crippen molar-refractivity contribution in [1.29, 1.82) is 0 Å². The van der Waals surface area contributed by atoms with Crippen molar-refractivity contribution in [3.05, 3.63) is 16.9 Å². The average Bonchev–Trinajstić information content (AvgIpc) is 1.98. The van der Waals surface area contributed by atoms with Crippen molar-refractivity contribution in [2.75, 3.05) is 0 Å². The fourth-order valence-electron chi connectivity index (χ4n) is 0.949. The molecule has 0 N–H and O–H groups in total. The summed E-state index contributed by atoms with van der Waals surface area (Å²) in [6.45, 7) is 4.44. The summed E-state index contributed by atoms with van der Waals surface area (Å²) < 4.78 is 1.72. The molecule has 0 aliphatic heterocycles. The van der Waals surface area contributed by atoms with E-state index in [4.69, 9.17) is 0 Å². The zero-order valence-electron chi connectivity index (χ0n) is 5.78. The Morgan fingerprint density at radius 3 is 2.25 bits per heavy atom. The molecule has 1 aliphatic rings. The van der Waals surface area contributed by atoms with E-state index < -0.39 is 0 Å². The first-order chi connectivity index (χ1) is 3.72. The summed E-state index contributed by atoms with van der Waals surface area (Å²) in [5.41, 5.74) is 3.08. The Balaban J connectivity index is 2.88. The molecular weight excluding hydrogens is 123 g/mol. The molecule has 0 bridgehead atoms. The Hall–Kier alpha value is 1.12.